The lowest BCUT2D eigenvalue weighted by molar-refractivity contribution is 0.0955. The summed E-state index contributed by atoms with van der Waals surface area (Å²) in [6.45, 7) is 4.46. The van der Waals surface area contributed by atoms with Gasteiger partial charge in [-0.05, 0) is 42.7 Å². The van der Waals surface area contributed by atoms with Gasteiger partial charge in [-0.2, -0.15) is 0 Å². The zero-order chi connectivity index (χ0) is 17.8. The van der Waals surface area contributed by atoms with Crippen LogP contribution in [0.15, 0.2) is 54.6 Å². The summed E-state index contributed by atoms with van der Waals surface area (Å²) in [5, 5.41) is 3.70. The molecule has 128 valence electrons. The Labute approximate surface area is 150 Å². The zero-order valence-electron chi connectivity index (χ0n) is 14.1. The highest BCUT2D eigenvalue weighted by molar-refractivity contribution is 7.17. The molecule has 0 saturated carbocycles. The van der Waals surface area contributed by atoms with Crippen molar-refractivity contribution in [3.63, 3.8) is 0 Å². The molecular formula is C20H19FN2OS. The van der Waals surface area contributed by atoms with E-state index in [1.807, 2.05) is 25.1 Å². The molecular weight excluding hydrogens is 335 g/mol. The lowest BCUT2D eigenvalue weighted by atomic mass is 10.0. The molecule has 0 spiro atoms. The van der Waals surface area contributed by atoms with E-state index in [1.54, 1.807) is 12.1 Å². The van der Waals surface area contributed by atoms with Gasteiger partial charge in [-0.25, -0.2) is 9.37 Å². The molecule has 1 N–H and O–H groups in total. The van der Waals surface area contributed by atoms with Crippen molar-refractivity contribution in [2.24, 2.45) is 0 Å². The zero-order valence-corrected chi connectivity index (χ0v) is 14.9. The van der Waals surface area contributed by atoms with E-state index < -0.39 is 0 Å². The largest absolute Gasteiger partial charge is 0.351 e. The summed E-state index contributed by atoms with van der Waals surface area (Å²) in [5.41, 5.74) is 2.69. The van der Waals surface area contributed by atoms with E-state index in [4.69, 9.17) is 0 Å². The number of halogens is 1. The Morgan fingerprint density at radius 2 is 1.84 bits per heavy atom. The SMILES string of the molecule is Cc1nc(-c2ccc(F)cc2)sc1C(=O)NCC(C)c1ccccc1. The Kier molecular flexibility index (Phi) is 5.24. The Morgan fingerprint density at radius 3 is 2.52 bits per heavy atom. The number of nitrogens with one attached hydrogen (secondary N) is 1. The summed E-state index contributed by atoms with van der Waals surface area (Å²) in [4.78, 5) is 17.5. The summed E-state index contributed by atoms with van der Waals surface area (Å²) in [6.07, 6.45) is 0. The quantitative estimate of drug-likeness (QED) is 0.716. The molecule has 5 heteroatoms. The molecule has 0 aliphatic heterocycles. The Balaban J connectivity index is 1.69. The Morgan fingerprint density at radius 1 is 1.16 bits per heavy atom. The van der Waals surface area contributed by atoms with Crippen LogP contribution >= 0.6 is 11.3 Å². The molecule has 25 heavy (non-hydrogen) atoms. The molecule has 1 atom stereocenters. The molecule has 0 aliphatic carbocycles. The van der Waals surface area contributed by atoms with Crippen LogP contribution in [0.1, 0.15) is 33.8 Å². The van der Waals surface area contributed by atoms with Gasteiger partial charge in [-0.15, -0.1) is 11.3 Å². The van der Waals surface area contributed by atoms with Crippen molar-refractivity contribution >= 4 is 17.2 Å². The van der Waals surface area contributed by atoms with Gasteiger partial charge in [0.05, 0.1) is 5.69 Å². The summed E-state index contributed by atoms with van der Waals surface area (Å²) < 4.78 is 13.0. The first-order valence-electron chi connectivity index (χ1n) is 8.11. The third-order valence-electron chi connectivity index (χ3n) is 4.03. The molecule has 0 radical (unpaired) electrons. The number of carbonyl (C=O) groups is 1. The van der Waals surface area contributed by atoms with Gasteiger partial charge in [0, 0.05) is 12.1 Å². The van der Waals surface area contributed by atoms with Crippen LogP contribution in [0, 0.1) is 12.7 Å². The van der Waals surface area contributed by atoms with Crippen molar-refractivity contribution in [1.29, 1.82) is 0 Å². The van der Waals surface area contributed by atoms with Crippen molar-refractivity contribution in [3.8, 4) is 10.6 Å². The van der Waals surface area contributed by atoms with Crippen LogP contribution in [-0.4, -0.2) is 17.4 Å². The molecule has 1 amide bonds. The number of aryl methyl sites for hydroxylation is 1. The molecule has 1 aromatic heterocycles. The van der Waals surface area contributed by atoms with Crippen molar-refractivity contribution in [1.82, 2.24) is 10.3 Å². The summed E-state index contributed by atoms with van der Waals surface area (Å²) in [5.74, 6) is -0.175. The molecule has 1 unspecified atom stereocenters. The smallest absolute Gasteiger partial charge is 0.263 e. The maximum Gasteiger partial charge on any atom is 0.263 e. The lowest BCUT2D eigenvalue weighted by Gasteiger charge is -2.12. The number of rotatable bonds is 5. The van der Waals surface area contributed by atoms with E-state index >= 15 is 0 Å². The van der Waals surface area contributed by atoms with Gasteiger partial charge in [-0.3, -0.25) is 4.79 Å². The third-order valence-corrected chi connectivity index (χ3v) is 5.24. The third kappa shape index (κ3) is 4.12. The van der Waals surface area contributed by atoms with Gasteiger partial charge in [-0.1, -0.05) is 37.3 Å². The average Bonchev–Trinajstić information content (AvgIpc) is 3.02. The number of hydrogen-bond acceptors (Lipinski definition) is 3. The standard InChI is InChI=1S/C20H19FN2OS/c1-13(15-6-4-3-5-7-15)12-22-19(24)18-14(2)23-20(25-18)16-8-10-17(21)11-9-16/h3-11,13H,12H2,1-2H3,(H,22,24). The normalized spacial score (nSPS) is 12.0. The molecule has 3 rings (SSSR count). The minimum absolute atomic E-state index is 0.119. The van der Waals surface area contributed by atoms with E-state index in [1.165, 1.54) is 29.0 Å². The molecule has 0 saturated heterocycles. The number of carbonyl (C=O) groups excluding carboxylic acids is 1. The van der Waals surface area contributed by atoms with Gasteiger partial charge >= 0.3 is 0 Å². The second-order valence-corrected chi connectivity index (χ2v) is 6.96. The predicted molar refractivity (Wildman–Crippen MR) is 99.4 cm³/mol. The van der Waals surface area contributed by atoms with Gasteiger partial charge in [0.2, 0.25) is 0 Å². The molecule has 0 fully saturated rings. The molecule has 0 aliphatic rings. The van der Waals surface area contributed by atoms with Crippen molar-refractivity contribution in [2.75, 3.05) is 6.54 Å². The summed E-state index contributed by atoms with van der Waals surface area (Å²) in [7, 11) is 0. The van der Waals surface area contributed by atoms with Crippen LogP contribution in [0.25, 0.3) is 10.6 Å². The van der Waals surface area contributed by atoms with Crippen molar-refractivity contribution in [2.45, 2.75) is 19.8 Å². The number of aromatic nitrogens is 1. The molecule has 0 bridgehead atoms. The van der Waals surface area contributed by atoms with Crippen molar-refractivity contribution in [3.05, 3.63) is 76.5 Å². The first kappa shape index (κ1) is 17.3. The average molecular weight is 354 g/mol. The molecule has 3 aromatic rings. The monoisotopic (exact) mass is 354 g/mol. The molecule has 3 nitrogen and oxygen atoms in total. The van der Waals surface area contributed by atoms with Crippen LogP contribution in [0.5, 0.6) is 0 Å². The number of thiazole rings is 1. The Hall–Kier alpha value is -2.53. The van der Waals surface area contributed by atoms with Gasteiger partial charge in [0.1, 0.15) is 15.7 Å². The highest BCUT2D eigenvalue weighted by Gasteiger charge is 2.17. The number of nitrogens with zero attached hydrogens (tertiary/aromatic N) is 1. The van der Waals surface area contributed by atoms with E-state index in [9.17, 15) is 9.18 Å². The lowest BCUT2D eigenvalue weighted by Crippen LogP contribution is -2.27. The maximum atomic E-state index is 13.0. The molecule has 2 aromatic carbocycles. The first-order valence-corrected chi connectivity index (χ1v) is 8.92. The summed E-state index contributed by atoms with van der Waals surface area (Å²) >= 11 is 1.33. The minimum Gasteiger partial charge on any atom is -0.351 e. The van der Waals surface area contributed by atoms with E-state index in [0.29, 0.717) is 17.1 Å². The van der Waals surface area contributed by atoms with E-state index in [2.05, 4.69) is 29.4 Å². The number of hydrogen-bond donors (Lipinski definition) is 1. The van der Waals surface area contributed by atoms with Crippen molar-refractivity contribution < 1.29 is 9.18 Å². The van der Waals surface area contributed by atoms with Gasteiger partial charge < -0.3 is 5.32 Å². The van der Waals surface area contributed by atoms with E-state index in [0.717, 1.165) is 10.6 Å². The predicted octanol–water partition coefficient (Wildman–Crippen LogP) is 4.79. The highest BCUT2D eigenvalue weighted by Crippen LogP contribution is 2.28. The van der Waals surface area contributed by atoms with Crippen LogP contribution < -0.4 is 5.32 Å². The number of amides is 1. The first-order chi connectivity index (χ1) is 12.0. The topological polar surface area (TPSA) is 42.0 Å². The number of benzene rings is 2. The van der Waals surface area contributed by atoms with Crippen LogP contribution in [0.2, 0.25) is 0 Å². The van der Waals surface area contributed by atoms with Gasteiger partial charge in [0.25, 0.3) is 5.91 Å². The van der Waals surface area contributed by atoms with Crippen LogP contribution in [-0.2, 0) is 0 Å². The van der Waals surface area contributed by atoms with E-state index in [-0.39, 0.29) is 17.6 Å². The summed E-state index contributed by atoms with van der Waals surface area (Å²) in [6, 6.07) is 16.2. The fourth-order valence-corrected chi connectivity index (χ4v) is 3.54. The van der Waals surface area contributed by atoms with Gasteiger partial charge in [0.15, 0.2) is 0 Å². The molecule has 1 heterocycles. The highest BCUT2D eigenvalue weighted by atomic mass is 32.1. The maximum absolute atomic E-state index is 13.0. The fraction of sp³-hybridized carbons (Fsp3) is 0.200. The second kappa shape index (κ2) is 7.57. The Bertz CT molecular complexity index is 859. The van der Waals surface area contributed by atoms with Crippen LogP contribution in [0.3, 0.4) is 0 Å². The minimum atomic E-state index is -0.287. The fourth-order valence-electron chi connectivity index (χ4n) is 2.55. The second-order valence-electron chi connectivity index (χ2n) is 5.96. The van der Waals surface area contributed by atoms with Crippen LogP contribution in [0.4, 0.5) is 4.39 Å².